The molecule has 0 aliphatic heterocycles. The Morgan fingerprint density at radius 3 is 1.65 bits per heavy atom. The van der Waals surface area contributed by atoms with Crippen LogP contribution in [0.1, 0.15) is 10.7 Å². The van der Waals surface area contributed by atoms with Crippen molar-refractivity contribution in [2.24, 2.45) is 0 Å². The van der Waals surface area contributed by atoms with Gasteiger partial charge in [-0.15, -0.1) is 0 Å². The van der Waals surface area contributed by atoms with E-state index in [1.54, 1.807) is 0 Å². The van der Waals surface area contributed by atoms with E-state index >= 15 is 0 Å². The Labute approximate surface area is 167 Å². The first-order valence-electron chi connectivity index (χ1n) is 3.31. The van der Waals surface area contributed by atoms with Crippen LogP contribution in [-0.4, -0.2) is 50.7 Å². The largest absolute Gasteiger partial charge is 1.00 e. The molecule has 0 aromatic heterocycles. The molecule has 0 saturated carbocycles. The summed E-state index contributed by atoms with van der Waals surface area (Å²) in [6.45, 7) is -1.10. The normalized spacial score (nSPS) is 11.8. The fourth-order valence-corrected chi connectivity index (χ4v) is 0.574. The first kappa shape index (κ1) is 26.8. The molecule has 86 valence electrons. The third-order valence-corrected chi connectivity index (χ3v) is 1.16. The molecule has 0 saturated heterocycles. The summed E-state index contributed by atoms with van der Waals surface area (Å²) in [6.07, 6.45) is -1.24. The summed E-state index contributed by atoms with van der Waals surface area (Å²) >= 11 is 0. The molecule has 17 heavy (non-hydrogen) atoms. The quantitative estimate of drug-likeness (QED) is 0.277. The average molecular weight is 280 g/mol. The van der Waals surface area contributed by atoms with Crippen molar-refractivity contribution < 1.29 is 132 Å². The van der Waals surface area contributed by atoms with Crippen LogP contribution in [0.5, 0.6) is 0 Å². The number of ether oxygens (including phenoxy) is 1. The molecule has 0 fully saturated rings. The van der Waals surface area contributed by atoms with Gasteiger partial charge in [-0.05, 0) is 0 Å². The number of carboxylic acid groups (broad SMARTS) is 3. The molecule has 4 N–H and O–H groups in total. The fraction of sp³-hybridized carbons (Fsp3) is 0.500. The Kier molecular flexibility index (Phi) is 19.5. The van der Waals surface area contributed by atoms with Gasteiger partial charge in [0, 0.05) is 0 Å². The van der Waals surface area contributed by atoms with Crippen LogP contribution in [0.3, 0.4) is 0 Å². The SMILES string of the molecule is O=C(O)COC(O)(CC(=O)O)C(=O)O.[H-].[H-].[H-].[Na+].[Na+].[Na+]. The third-order valence-electron chi connectivity index (χ3n) is 1.16. The van der Waals surface area contributed by atoms with Crippen molar-refractivity contribution >= 4 is 17.9 Å². The van der Waals surface area contributed by atoms with Crippen molar-refractivity contribution in [3.05, 3.63) is 0 Å². The predicted molar refractivity (Wildman–Crippen MR) is 41.8 cm³/mol. The van der Waals surface area contributed by atoms with E-state index < -0.39 is 36.7 Å². The van der Waals surface area contributed by atoms with E-state index in [0.29, 0.717) is 0 Å². The summed E-state index contributed by atoms with van der Waals surface area (Å²) in [5.74, 6) is -8.11. The zero-order valence-corrected chi connectivity index (χ0v) is 15.8. The Hall–Kier alpha value is 1.33. The molecule has 0 rings (SSSR count). The Morgan fingerprint density at radius 1 is 1.00 bits per heavy atom. The van der Waals surface area contributed by atoms with Gasteiger partial charge in [0.1, 0.15) is 13.0 Å². The average Bonchev–Trinajstić information content (AvgIpc) is 1.99. The molecule has 0 spiro atoms. The topological polar surface area (TPSA) is 141 Å². The number of hydrogen-bond donors (Lipinski definition) is 4. The molecule has 1 atom stereocenters. The zero-order valence-electron chi connectivity index (χ0n) is 12.8. The van der Waals surface area contributed by atoms with Crippen molar-refractivity contribution in [2.75, 3.05) is 6.61 Å². The molecule has 0 aliphatic rings. The smallest absolute Gasteiger partial charge is 1.00 e. The van der Waals surface area contributed by atoms with Crippen molar-refractivity contribution in [1.29, 1.82) is 0 Å². The van der Waals surface area contributed by atoms with Crippen LogP contribution in [0.25, 0.3) is 0 Å². The standard InChI is InChI=1S/C6H8O8.3Na.3H/c7-3(8)1-6(13,5(11)12)14-2-4(9)10;;;;;;/h13H,1-2H2,(H,7,8)(H,9,10)(H,11,12);;;;;;/q;3*+1;3*-1. The molecule has 0 bridgehead atoms. The minimum absolute atomic E-state index is 0. The first-order chi connectivity index (χ1) is 6.28. The number of aliphatic hydroxyl groups is 1. The van der Waals surface area contributed by atoms with Crippen molar-refractivity contribution in [2.45, 2.75) is 12.2 Å². The van der Waals surface area contributed by atoms with E-state index in [-0.39, 0.29) is 93.0 Å². The number of carboxylic acids is 3. The van der Waals surface area contributed by atoms with Gasteiger partial charge in [-0.3, -0.25) is 4.79 Å². The van der Waals surface area contributed by atoms with Crippen LogP contribution >= 0.6 is 0 Å². The van der Waals surface area contributed by atoms with Crippen LogP contribution in [0.2, 0.25) is 0 Å². The second-order valence-electron chi connectivity index (χ2n) is 2.34. The predicted octanol–water partition coefficient (Wildman–Crippen LogP) is -10.3. The summed E-state index contributed by atoms with van der Waals surface area (Å²) in [4.78, 5) is 30.4. The van der Waals surface area contributed by atoms with Crippen molar-refractivity contribution in [3.8, 4) is 0 Å². The molecule has 0 heterocycles. The van der Waals surface area contributed by atoms with Crippen molar-refractivity contribution in [3.63, 3.8) is 0 Å². The molecule has 0 aromatic carbocycles. The Balaban J connectivity index is -0.0000000563. The van der Waals surface area contributed by atoms with Crippen LogP contribution < -0.4 is 88.7 Å². The molecule has 0 aromatic rings. The summed E-state index contributed by atoms with van der Waals surface area (Å²) in [7, 11) is 0. The van der Waals surface area contributed by atoms with Gasteiger partial charge in [0.05, 0.1) is 0 Å². The molecular formula is C6H11Na3O8. The van der Waals surface area contributed by atoms with Crippen LogP contribution in [0.4, 0.5) is 0 Å². The van der Waals surface area contributed by atoms with Gasteiger partial charge in [-0.1, -0.05) is 0 Å². The van der Waals surface area contributed by atoms with Crippen LogP contribution in [0.15, 0.2) is 0 Å². The fourth-order valence-electron chi connectivity index (χ4n) is 0.574. The Bertz CT molecular complexity index is 282. The summed E-state index contributed by atoms with van der Waals surface area (Å²) in [5, 5.41) is 33.7. The molecule has 1 unspecified atom stereocenters. The second kappa shape index (κ2) is 12.4. The van der Waals surface area contributed by atoms with E-state index in [9.17, 15) is 14.4 Å². The van der Waals surface area contributed by atoms with Gasteiger partial charge in [0.2, 0.25) is 0 Å². The summed E-state index contributed by atoms with van der Waals surface area (Å²) in [6, 6.07) is 0. The van der Waals surface area contributed by atoms with E-state index in [2.05, 4.69) is 4.74 Å². The van der Waals surface area contributed by atoms with E-state index in [1.807, 2.05) is 0 Å². The third kappa shape index (κ3) is 12.1. The first-order valence-corrected chi connectivity index (χ1v) is 3.31. The maximum Gasteiger partial charge on any atom is 1.00 e. The van der Waals surface area contributed by atoms with Crippen LogP contribution in [-0.2, 0) is 19.1 Å². The van der Waals surface area contributed by atoms with Gasteiger partial charge in [0.15, 0.2) is 0 Å². The minimum Gasteiger partial charge on any atom is -1.00 e. The van der Waals surface area contributed by atoms with Gasteiger partial charge in [0.25, 0.3) is 5.79 Å². The van der Waals surface area contributed by atoms with Crippen molar-refractivity contribution in [1.82, 2.24) is 0 Å². The molecule has 0 aliphatic carbocycles. The van der Waals surface area contributed by atoms with E-state index in [4.69, 9.17) is 20.4 Å². The van der Waals surface area contributed by atoms with Gasteiger partial charge < -0.3 is 29.4 Å². The number of carbonyl (C=O) groups is 3. The maximum absolute atomic E-state index is 10.3. The van der Waals surface area contributed by atoms with Gasteiger partial charge in [-0.25, -0.2) is 9.59 Å². The second-order valence-corrected chi connectivity index (χ2v) is 2.34. The number of rotatable bonds is 6. The monoisotopic (exact) mass is 280 g/mol. The Morgan fingerprint density at radius 2 is 1.41 bits per heavy atom. The zero-order chi connectivity index (χ0) is 11.4. The van der Waals surface area contributed by atoms with E-state index in [1.165, 1.54) is 0 Å². The molecular weight excluding hydrogens is 269 g/mol. The number of aliphatic carboxylic acids is 3. The summed E-state index contributed by atoms with van der Waals surface area (Å²) < 4.78 is 4.04. The molecule has 11 heteroatoms. The molecule has 0 radical (unpaired) electrons. The van der Waals surface area contributed by atoms with E-state index in [0.717, 1.165) is 0 Å². The van der Waals surface area contributed by atoms with Gasteiger partial charge in [-0.2, -0.15) is 0 Å². The number of hydrogen-bond acceptors (Lipinski definition) is 5. The minimum atomic E-state index is -3.01. The van der Waals surface area contributed by atoms with Gasteiger partial charge >= 0.3 is 107 Å². The van der Waals surface area contributed by atoms with Crippen LogP contribution in [0, 0.1) is 0 Å². The summed E-state index contributed by atoms with van der Waals surface area (Å²) in [5.41, 5.74) is 0. The maximum atomic E-state index is 10.3. The molecule has 8 nitrogen and oxygen atoms in total. The molecule has 0 amide bonds.